The second kappa shape index (κ2) is 8.59. The van der Waals surface area contributed by atoms with Crippen molar-refractivity contribution in [1.82, 2.24) is 15.1 Å². The Bertz CT molecular complexity index is 1180. The summed E-state index contributed by atoms with van der Waals surface area (Å²) in [4.78, 5) is 14.4. The largest absolute Gasteiger partial charge is 0.497 e. The third-order valence-corrected chi connectivity index (χ3v) is 5.97. The number of amides is 1. The van der Waals surface area contributed by atoms with E-state index in [4.69, 9.17) is 9.47 Å². The van der Waals surface area contributed by atoms with Gasteiger partial charge in [-0.1, -0.05) is 24.3 Å². The van der Waals surface area contributed by atoms with E-state index in [-0.39, 0.29) is 5.91 Å². The highest BCUT2D eigenvalue weighted by atomic mass is 32.1. The molecule has 0 spiro atoms. The molecule has 0 aliphatic heterocycles. The number of rotatable bonds is 7. The molecule has 0 saturated carbocycles. The van der Waals surface area contributed by atoms with Gasteiger partial charge < -0.3 is 14.8 Å². The van der Waals surface area contributed by atoms with E-state index in [9.17, 15) is 4.79 Å². The standard InChI is InChI=1S/C23H23N3O3S/c1-4-29-17-10-8-15(9-11-17)14-24-22(27)20-13-19-21(25-26(2)23(19)30-20)16-6-5-7-18(12-16)28-3/h5-13H,4,14H2,1-3H3,(H,24,27). The van der Waals surface area contributed by atoms with Gasteiger partial charge in [-0.25, -0.2) is 0 Å². The molecule has 154 valence electrons. The first kappa shape index (κ1) is 20.0. The summed E-state index contributed by atoms with van der Waals surface area (Å²) in [5, 5.41) is 8.60. The molecule has 6 nitrogen and oxygen atoms in total. The number of carbonyl (C=O) groups is 1. The van der Waals surface area contributed by atoms with Crippen LogP contribution in [0, 0.1) is 0 Å². The highest BCUT2D eigenvalue weighted by Crippen LogP contribution is 2.34. The Balaban J connectivity index is 1.53. The van der Waals surface area contributed by atoms with Gasteiger partial charge in [-0.15, -0.1) is 11.3 Å². The van der Waals surface area contributed by atoms with Crippen molar-refractivity contribution in [3.8, 4) is 22.8 Å². The van der Waals surface area contributed by atoms with Crippen molar-refractivity contribution in [2.45, 2.75) is 13.5 Å². The fourth-order valence-corrected chi connectivity index (χ4v) is 4.26. The molecule has 0 aliphatic rings. The smallest absolute Gasteiger partial charge is 0.261 e. The predicted octanol–water partition coefficient (Wildman–Crippen LogP) is 4.64. The van der Waals surface area contributed by atoms with Crippen molar-refractivity contribution in [2.75, 3.05) is 13.7 Å². The summed E-state index contributed by atoms with van der Waals surface area (Å²) < 4.78 is 12.6. The van der Waals surface area contributed by atoms with E-state index >= 15 is 0 Å². The molecule has 1 N–H and O–H groups in total. The van der Waals surface area contributed by atoms with Crippen molar-refractivity contribution in [1.29, 1.82) is 0 Å². The molecule has 2 aromatic carbocycles. The van der Waals surface area contributed by atoms with E-state index in [1.807, 2.05) is 73.3 Å². The highest BCUT2D eigenvalue weighted by molar-refractivity contribution is 7.20. The monoisotopic (exact) mass is 421 g/mol. The van der Waals surface area contributed by atoms with Gasteiger partial charge in [0.25, 0.3) is 5.91 Å². The molecule has 0 radical (unpaired) electrons. The van der Waals surface area contributed by atoms with Gasteiger partial charge in [-0.3, -0.25) is 9.48 Å². The fourth-order valence-electron chi connectivity index (χ4n) is 3.28. The molecule has 0 atom stereocenters. The number of nitrogens with one attached hydrogen (secondary N) is 1. The molecule has 0 unspecified atom stereocenters. The summed E-state index contributed by atoms with van der Waals surface area (Å²) >= 11 is 1.44. The molecule has 7 heteroatoms. The Kier molecular flexibility index (Phi) is 5.72. The lowest BCUT2D eigenvalue weighted by Crippen LogP contribution is -2.21. The second-order valence-corrected chi connectivity index (χ2v) is 7.82. The summed E-state index contributed by atoms with van der Waals surface area (Å²) in [6.45, 7) is 3.05. The van der Waals surface area contributed by atoms with E-state index in [1.165, 1.54) is 11.3 Å². The minimum absolute atomic E-state index is 0.0957. The Labute approximate surface area is 179 Å². The summed E-state index contributed by atoms with van der Waals surface area (Å²) in [7, 11) is 3.54. The molecule has 4 rings (SSSR count). The van der Waals surface area contributed by atoms with Crippen LogP contribution in [0.25, 0.3) is 21.5 Å². The Hall–Kier alpha value is -3.32. The first-order chi connectivity index (χ1) is 14.6. The molecular formula is C23H23N3O3S. The predicted molar refractivity (Wildman–Crippen MR) is 119 cm³/mol. The van der Waals surface area contributed by atoms with Gasteiger partial charge in [0.15, 0.2) is 0 Å². The fraction of sp³-hybridized carbons (Fsp3) is 0.217. The van der Waals surface area contributed by atoms with Crippen LogP contribution in [0.15, 0.2) is 54.6 Å². The third-order valence-electron chi connectivity index (χ3n) is 4.77. The lowest BCUT2D eigenvalue weighted by molar-refractivity contribution is 0.0955. The number of aromatic nitrogens is 2. The van der Waals surface area contributed by atoms with Crippen molar-refractivity contribution >= 4 is 27.5 Å². The zero-order valence-corrected chi connectivity index (χ0v) is 18.0. The number of thiophene rings is 1. The number of fused-ring (bicyclic) bond motifs is 1. The van der Waals surface area contributed by atoms with Crippen LogP contribution >= 0.6 is 11.3 Å². The number of hydrogen-bond donors (Lipinski definition) is 1. The van der Waals surface area contributed by atoms with Gasteiger partial charge in [0.2, 0.25) is 0 Å². The normalized spacial score (nSPS) is 10.9. The number of aryl methyl sites for hydroxylation is 1. The quantitative estimate of drug-likeness (QED) is 0.472. The number of benzene rings is 2. The first-order valence-electron chi connectivity index (χ1n) is 9.70. The van der Waals surface area contributed by atoms with Crippen LogP contribution in [0.5, 0.6) is 11.5 Å². The van der Waals surface area contributed by atoms with Crippen LogP contribution < -0.4 is 14.8 Å². The molecule has 2 aromatic heterocycles. The maximum atomic E-state index is 12.7. The van der Waals surface area contributed by atoms with Crippen molar-refractivity contribution < 1.29 is 14.3 Å². The first-order valence-corrected chi connectivity index (χ1v) is 10.5. The number of ether oxygens (including phenoxy) is 2. The topological polar surface area (TPSA) is 65.4 Å². The summed E-state index contributed by atoms with van der Waals surface area (Å²) in [5.41, 5.74) is 2.82. The van der Waals surface area contributed by atoms with E-state index in [0.717, 1.165) is 38.5 Å². The van der Waals surface area contributed by atoms with Gasteiger partial charge in [0.05, 0.1) is 18.6 Å². The maximum absolute atomic E-state index is 12.7. The minimum atomic E-state index is -0.0957. The van der Waals surface area contributed by atoms with E-state index in [2.05, 4.69) is 10.4 Å². The van der Waals surface area contributed by atoms with E-state index in [0.29, 0.717) is 18.0 Å². The number of carbonyl (C=O) groups excluding carboxylic acids is 1. The van der Waals surface area contributed by atoms with Crippen LogP contribution in [0.3, 0.4) is 0 Å². The Morgan fingerprint density at radius 3 is 2.67 bits per heavy atom. The van der Waals surface area contributed by atoms with Crippen LogP contribution in [-0.2, 0) is 13.6 Å². The zero-order chi connectivity index (χ0) is 21.1. The average molecular weight is 422 g/mol. The zero-order valence-electron chi connectivity index (χ0n) is 17.1. The van der Waals surface area contributed by atoms with Crippen LogP contribution in [-0.4, -0.2) is 29.4 Å². The molecule has 4 aromatic rings. The van der Waals surface area contributed by atoms with Crippen LogP contribution in [0.4, 0.5) is 0 Å². The summed E-state index contributed by atoms with van der Waals surface area (Å²) in [6, 6.07) is 17.4. The van der Waals surface area contributed by atoms with E-state index < -0.39 is 0 Å². The molecule has 0 bridgehead atoms. The lowest BCUT2D eigenvalue weighted by atomic mass is 10.1. The minimum Gasteiger partial charge on any atom is -0.497 e. The molecule has 1 amide bonds. The maximum Gasteiger partial charge on any atom is 0.261 e. The second-order valence-electron chi connectivity index (χ2n) is 6.79. The SMILES string of the molecule is CCOc1ccc(CNC(=O)c2cc3c(-c4cccc(OC)c4)nn(C)c3s2)cc1. The van der Waals surface area contributed by atoms with Gasteiger partial charge in [0, 0.05) is 24.5 Å². The summed E-state index contributed by atoms with van der Waals surface area (Å²) in [5.74, 6) is 1.51. The van der Waals surface area contributed by atoms with Crippen molar-refractivity contribution in [2.24, 2.45) is 7.05 Å². The van der Waals surface area contributed by atoms with Gasteiger partial charge in [0.1, 0.15) is 22.0 Å². The van der Waals surface area contributed by atoms with Gasteiger partial charge in [-0.05, 0) is 42.8 Å². The number of methoxy groups -OCH3 is 1. The molecule has 30 heavy (non-hydrogen) atoms. The Morgan fingerprint density at radius 2 is 1.93 bits per heavy atom. The van der Waals surface area contributed by atoms with Crippen LogP contribution in [0.1, 0.15) is 22.2 Å². The average Bonchev–Trinajstić information content (AvgIpc) is 3.34. The molecule has 0 aliphatic carbocycles. The molecule has 2 heterocycles. The lowest BCUT2D eigenvalue weighted by Gasteiger charge is -2.06. The van der Waals surface area contributed by atoms with Crippen LogP contribution in [0.2, 0.25) is 0 Å². The van der Waals surface area contributed by atoms with Gasteiger partial charge in [-0.2, -0.15) is 5.10 Å². The number of nitrogens with zero attached hydrogens (tertiary/aromatic N) is 2. The summed E-state index contributed by atoms with van der Waals surface area (Å²) in [6.07, 6.45) is 0. The van der Waals surface area contributed by atoms with Crippen molar-refractivity contribution in [3.05, 3.63) is 65.0 Å². The molecule has 0 fully saturated rings. The molecule has 0 saturated heterocycles. The van der Waals surface area contributed by atoms with Crippen molar-refractivity contribution in [3.63, 3.8) is 0 Å². The Morgan fingerprint density at radius 1 is 1.13 bits per heavy atom. The van der Waals surface area contributed by atoms with Gasteiger partial charge >= 0.3 is 0 Å². The van der Waals surface area contributed by atoms with E-state index in [1.54, 1.807) is 7.11 Å². The number of hydrogen-bond acceptors (Lipinski definition) is 5. The third kappa shape index (κ3) is 4.02. The molecular weight excluding hydrogens is 398 g/mol. The highest BCUT2D eigenvalue weighted by Gasteiger charge is 2.18.